The lowest BCUT2D eigenvalue weighted by Crippen LogP contribution is -2.24. The molecule has 136 valence electrons. The molecule has 0 bridgehead atoms. The molecule has 3 aromatic rings. The molecule has 6 heteroatoms. The van der Waals surface area contributed by atoms with Crippen LogP contribution >= 0.6 is 0 Å². The van der Waals surface area contributed by atoms with E-state index in [1.807, 2.05) is 43.3 Å². The van der Waals surface area contributed by atoms with Crippen LogP contribution in [0.15, 0.2) is 54.6 Å². The van der Waals surface area contributed by atoms with Crippen molar-refractivity contribution in [3.05, 3.63) is 75.8 Å². The monoisotopic (exact) mass is 362 g/mol. The number of nitrogens with one attached hydrogen (secondary N) is 1. The van der Waals surface area contributed by atoms with Gasteiger partial charge in [0.2, 0.25) is 5.91 Å². The second-order valence-corrected chi connectivity index (χ2v) is 6.47. The van der Waals surface area contributed by atoms with E-state index in [0.717, 1.165) is 22.0 Å². The van der Waals surface area contributed by atoms with Crippen LogP contribution in [-0.2, 0) is 4.79 Å². The average Bonchev–Trinajstić information content (AvgIpc) is 2.67. The molecular formula is C21H18N2O4. The molecule has 0 spiro atoms. The number of anilines is 1. The number of hydrogen-bond acceptors (Lipinski definition) is 4. The summed E-state index contributed by atoms with van der Waals surface area (Å²) in [5, 5.41) is 16.3. The number of nitro groups is 1. The van der Waals surface area contributed by atoms with E-state index in [1.54, 1.807) is 6.07 Å². The Bertz CT molecular complexity index is 1060. The van der Waals surface area contributed by atoms with Crippen molar-refractivity contribution in [1.82, 2.24) is 0 Å². The molecule has 6 nitrogen and oxygen atoms in total. The standard InChI is InChI=1S/C21H18N2O4/c1-2-27-19-10-8-14(23(25)26)11-16(19)17-12-20(24)22-18-9-7-13-5-3-4-6-15(13)21(17)18/h3-11,17H,2,12H2,1H3,(H,22,24)/t17-/m1/s1. The first-order valence-corrected chi connectivity index (χ1v) is 8.81. The maximum absolute atomic E-state index is 12.3. The Kier molecular flexibility index (Phi) is 4.24. The fourth-order valence-electron chi connectivity index (χ4n) is 3.74. The zero-order chi connectivity index (χ0) is 19.0. The molecule has 4 rings (SSSR count). The average molecular weight is 362 g/mol. The van der Waals surface area contributed by atoms with E-state index in [4.69, 9.17) is 4.74 Å². The lowest BCUT2D eigenvalue weighted by atomic mass is 9.81. The lowest BCUT2D eigenvalue weighted by molar-refractivity contribution is -0.384. The van der Waals surface area contributed by atoms with Crippen molar-refractivity contribution in [2.75, 3.05) is 11.9 Å². The highest BCUT2D eigenvalue weighted by Crippen LogP contribution is 2.45. The predicted octanol–water partition coefficient (Wildman–Crippen LogP) is 4.62. The van der Waals surface area contributed by atoms with Crippen LogP contribution in [0.3, 0.4) is 0 Å². The maximum atomic E-state index is 12.3. The van der Waals surface area contributed by atoms with Crippen LogP contribution in [0.5, 0.6) is 5.75 Å². The van der Waals surface area contributed by atoms with E-state index in [2.05, 4.69) is 5.32 Å². The second kappa shape index (κ2) is 6.72. The van der Waals surface area contributed by atoms with Gasteiger partial charge in [0.1, 0.15) is 5.75 Å². The minimum Gasteiger partial charge on any atom is -0.494 e. The fourth-order valence-corrected chi connectivity index (χ4v) is 3.74. The number of hydrogen-bond donors (Lipinski definition) is 1. The summed E-state index contributed by atoms with van der Waals surface area (Å²) >= 11 is 0. The van der Waals surface area contributed by atoms with Crippen molar-refractivity contribution in [1.29, 1.82) is 0 Å². The van der Waals surface area contributed by atoms with Crippen LogP contribution in [0.25, 0.3) is 10.8 Å². The Morgan fingerprint density at radius 2 is 2.00 bits per heavy atom. The van der Waals surface area contributed by atoms with Crippen molar-refractivity contribution in [2.45, 2.75) is 19.3 Å². The second-order valence-electron chi connectivity index (χ2n) is 6.47. The SMILES string of the molecule is CCOc1ccc([N+](=O)[O-])cc1[C@H]1CC(=O)Nc2ccc3ccccc3c21. The number of rotatable bonds is 4. The first-order chi connectivity index (χ1) is 13.1. The topological polar surface area (TPSA) is 81.5 Å². The minimum atomic E-state index is -0.424. The van der Waals surface area contributed by atoms with Gasteiger partial charge in [-0.15, -0.1) is 0 Å². The van der Waals surface area contributed by atoms with Gasteiger partial charge in [-0.3, -0.25) is 14.9 Å². The molecule has 1 heterocycles. The molecule has 3 aromatic carbocycles. The van der Waals surface area contributed by atoms with Gasteiger partial charge in [-0.25, -0.2) is 0 Å². The predicted molar refractivity (Wildman–Crippen MR) is 103 cm³/mol. The van der Waals surface area contributed by atoms with Gasteiger partial charge in [-0.05, 0) is 35.4 Å². The van der Waals surface area contributed by atoms with Gasteiger partial charge in [0.15, 0.2) is 0 Å². The van der Waals surface area contributed by atoms with Gasteiger partial charge < -0.3 is 10.1 Å². The third-order valence-corrected chi connectivity index (χ3v) is 4.86. The molecular weight excluding hydrogens is 344 g/mol. The summed E-state index contributed by atoms with van der Waals surface area (Å²) in [6.07, 6.45) is 0.211. The smallest absolute Gasteiger partial charge is 0.269 e. The summed E-state index contributed by atoms with van der Waals surface area (Å²) in [5.41, 5.74) is 2.36. The first kappa shape index (κ1) is 17.0. The van der Waals surface area contributed by atoms with Crippen molar-refractivity contribution in [3.8, 4) is 5.75 Å². The zero-order valence-corrected chi connectivity index (χ0v) is 14.8. The highest BCUT2D eigenvalue weighted by molar-refractivity contribution is 6.01. The quantitative estimate of drug-likeness (QED) is 0.542. The van der Waals surface area contributed by atoms with Crippen LogP contribution < -0.4 is 10.1 Å². The van der Waals surface area contributed by atoms with Crippen LogP contribution in [0.1, 0.15) is 30.4 Å². The van der Waals surface area contributed by atoms with Gasteiger partial charge >= 0.3 is 0 Å². The Morgan fingerprint density at radius 3 is 2.78 bits per heavy atom. The van der Waals surface area contributed by atoms with Crippen molar-refractivity contribution >= 4 is 28.1 Å². The molecule has 1 aliphatic heterocycles. The van der Waals surface area contributed by atoms with Crippen LogP contribution in [-0.4, -0.2) is 17.4 Å². The number of amides is 1. The van der Waals surface area contributed by atoms with Gasteiger partial charge in [0.05, 0.1) is 11.5 Å². The molecule has 0 unspecified atom stereocenters. The van der Waals surface area contributed by atoms with Gasteiger partial charge in [0.25, 0.3) is 5.69 Å². The van der Waals surface area contributed by atoms with Gasteiger partial charge in [-0.2, -0.15) is 0 Å². The number of carbonyl (C=O) groups excluding carboxylic acids is 1. The normalized spacial score (nSPS) is 15.9. The maximum Gasteiger partial charge on any atom is 0.269 e. The van der Waals surface area contributed by atoms with E-state index in [9.17, 15) is 14.9 Å². The van der Waals surface area contributed by atoms with E-state index in [1.165, 1.54) is 12.1 Å². The summed E-state index contributed by atoms with van der Waals surface area (Å²) < 4.78 is 5.73. The summed E-state index contributed by atoms with van der Waals surface area (Å²) in [7, 11) is 0. The van der Waals surface area contributed by atoms with E-state index in [-0.39, 0.29) is 23.9 Å². The van der Waals surface area contributed by atoms with E-state index in [0.29, 0.717) is 17.9 Å². The highest BCUT2D eigenvalue weighted by Gasteiger charge is 2.31. The van der Waals surface area contributed by atoms with Crippen LogP contribution in [0.4, 0.5) is 11.4 Å². The number of nitrogens with zero attached hydrogens (tertiary/aromatic N) is 1. The Labute approximate surface area is 155 Å². The molecule has 27 heavy (non-hydrogen) atoms. The molecule has 1 atom stereocenters. The summed E-state index contributed by atoms with van der Waals surface area (Å²) in [6, 6.07) is 16.4. The molecule has 0 aliphatic carbocycles. The number of non-ortho nitro benzene ring substituents is 1. The van der Waals surface area contributed by atoms with Crippen molar-refractivity contribution in [2.24, 2.45) is 0 Å². The third-order valence-electron chi connectivity index (χ3n) is 4.86. The van der Waals surface area contributed by atoms with Gasteiger partial charge in [0, 0.05) is 35.7 Å². The molecule has 0 saturated carbocycles. The lowest BCUT2D eigenvalue weighted by Gasteiger charge is -2.28. The van der Waals surface area contributed by atoms with Crippen molar-refractivity contribution in [3.63, 3.8) is 0 Å². The summed E-state index contributed by atoms with van der Waals surface area (Å²) in [4.78, 5) is 23.2. The highest BCUT2D eigenvalue weighted by atomic mass is 16.6. The van der Waals surface area contributed by atoms with E-state index >= 15 is 0 Å². The Balaban J connectivity index is 1.98. The number of ether oxygens (including phenoxy) is 1. The third kappa shape index (κ3) is 2.99. The fraction of sp³-hybridized carbons (Fsp3) is 0.190. The molecule has 1 amide bonds. The summed E-state index contributed by atoms with van der Waals surface area (Å²) in [5.74, 6) is 0.139. The Hall–Kier alpha value is -3.41. The Morgan fingerprint density at radius 1 is 1.19 bits per heavy atom. The molecule has 1 N–H and O–H groups in total. The van der Waals surface area contributed by atoms with Crippen molar-refractivity contribution < 1.29 is 14.5 Å². The molecule has 0 saturated heterocycles. The van der Waals surface area contributed by atoms with Gasteiger partial charge in [-0.1, -0.05) is 30.3 Å². The summed E-state index contributed by atoms with van der Waals surface area (Å²) in [6.45, 7) is 2.30. The number of nitro benzene ring substituents is 1. The van der Waals surface area contributed by atoms with Crippen LogP contribution in [0, 0.1) is 10.1 Å². The molecule has 0 radical (unpaired) electrons. The minimum absolute atomic E-state index is 0.0128. The number of carbonyl (C=O) groups is 1. The zero-order valence-electron chi connectivity index (χ0n) is 14.8. The molecule has 0 aromatic heterocycles. The number of benzene rings is 3. The molecule has 1 aliphatic rings. The largest absolute Gasteiger partial charge is 0.494 e. The number of fused-ring (bicyclic) bond motifs is 3. The molecule has 0 fully saturated rings. The van der Waals surface area contributed by atoms with E-state index < -0.39 is 4.92 Å². The first-order valence-electron chi connectivity index (χ1n) is 8.81. The van der Waals surface area contributed by atoms with Crippen LogP contribution in [0.2, 0.25) is 0 Å².